The second-order valence-electron chi connectivity index (χ2n) is 4.80. The first kappa shape index (κ1) is 15.6. The molecule has 0 aliphatic carbocycles. The van der Waals surface area contributed by atoms with E-state index in [4.69, 9.17) is 0 Å². The summed E-state index contributed by atoms with van der Waals surface area (Å²) in [5.74, 6) is -0.844. The van der Waals surface area contributed by atoms with E-state index in [0.29, 0.717) is 13.1 Å². The zero-order chi connectivity index (χ0) is 15.5. The largest absolute Gasteiger partial charge is 0.573 e. The normalized spacial score (nSPS) is 22.7. The maximum absolute atomic E-state index is 12.3. The molecule has 8 heteroatoms. The van der Waals surface area contributed by atoms with Crippen LogP contribution >= 0.6 is 0 Å². The molecule has 1 heterocycles. The van der Waals surface area contributed by atoms with Gasteiger partial charge in [-0.3, -0.25) is 4.79 Å². The molecule has 0 aromatic heterocycles. The van der Waals surface area contributed by atoms with Crippen LogP contribution in [0.5, 0.6) is 5.75 Å². The van der Waals surface area contributed by atoms with Gasteiger partial charge in [-0.15, -0.1) is 13.2 Å². The van der Waals surface area contributed by atoms with E-state index in [1.54, 1.807) is 0 Å². The Balaban J connectivity index is 2.04. The predicted molar refractivity (Wildman–Crippen MR) is 71.0 cm³/mol. The summed E-state index contributed by atoms with van der Waals surface area (Å²) < 4.78 is 40.8. The maximum atomic E-state index is 12.3. The van der Waals surface area contributed by atoms with Crippen molar-refractivity contribution in [1.82, 2.24) is 10.6 Å². The zero-order valence-corrected chi connectivity index (χ0v) is 11.3. The number of anilines is 1. The van der Waals surface area contributed by atoms with Crippen molar-refractivity contribution >= 4 is 11.6 Å². The van der Waals surface area contributed by atoms with Crippen LogP contribution in [0.4, 0.5) is 18.9 Å². The first-order valence-electron chi connectivity index (χ1n) is 6.47. The lowest BCUT2D eigenvalue weighted by Crippen LogP contribution is -2.57. The van der Waals surface area contributed by atoms with Crippen LogP contribution in [-0.4, -0.2) is 37.4 Å². The average molecular weight is 303 g/mol. The Labute approximate surface area is 119 Å². The number of rotatable bonds is 3. The van der Waals surface area contributed by atoms with E-state index in [0.717, 1.165) is 6.07 Å². The molecule has 2 unspecified atom stereocenters. The number of hydrogen-bond donors (Lipinski definition) is 3. The fourth-order valence-corrected chi connectivity index (χ4v) is 1.97. The van der Waals surface area contributed by atoms with Gasteiger partial charge in [0.05, 0.1) is 11.7 Å². The van der Waals surface area contributed by atoms with Crippen LogP contribution < -0.4 is 20.7 Å². The number of halogens is 3. The number of alkyl halides is 3. The monoisotopic (exact) mass is 303 g/mol. The molecule has 2 atom stereocenters. The Kier molecular flexibility index (Phi) is 4.69. The molecule has 2 rings (SSSR count). The SMILES string of the molecule is CC1CNC(C(=O)Nc2ccccc2OC(F)(F)F)CN1. The first-order valence-corrected chi connectivity index (χ1v) is 6.47. The van der Waals surface area contributed by atoms with Gasteiger partial charge in [0.15, 0.2) is 5.75 Å². The molecule has 0 radical (unpaired) electrons. The Hall–Kier alpha value is -1.80. The summed E-state index contributed by atoms with van der Waals surface area (Å²) in [6.45, 7) is 2.99. The first-order chi connectivity index (χ1) is 9.85. The highest BCUT2D eigenvalue weighted by Crippen LogP contribution is 2.29. The van der Waals surface area contributed by atoms with E-state index in [1.807, 2.05) is 6.92 Å². The number of ether oxygens (including phenoxy) is 1. The standard InChI is InChI=1S/C13H16F3N3O2/c1-8-6-18-10(7-17-8)12(20)19-9-4-2-3-5-11(9)21-13(14,15)16/h2-5,8,10,17-18H,6-7H2,1H3,(H,19,20). The second-order valence-corrected chi connectivity index (χ2v) is 4.80. The van der Waals surface area contributed by atoms with E-state index in [2.05, 4.69) is 20.7 Å². The molecular weight excluding hydrogens is 287 g/mol. The van der Waals surface area contributed by atoms with Gasteiger partial charge in [0, 0.05) is 19.1 Å². The summed E-state index contributed by atoms with van der Waals surface area (Å²) in [5, 5.41) is 8.59. The van der Waals surface area contributed by atoms with Crippen molar-refractivity contribution in [3.63, 3.8) is 0 Å². The summed E-state index contributed by atoms with van der Waals surface area (Å²) in [7, 11) is 0. The maximum Gasteiger partial charge on any atom is 0.573 e. The minimum absolute atomic E-state index is 0.0137. The number of para-hydroxylation sites is 2. The summed E-state index contributed by atoms with van der Waals surface area (Å²) in [4.78, 5) is 12.0. The number of carbonyl (C=O) groups is 1. The highest BCUT2D eigenvalue weighted by molar-refractivity contribution is 5.96. The summed E-state index contributed by atoms with van der Waals surface area (Å²) in [6, 6.07) is 5.18. The van der Waals surface area contributed by atoms with Crippen LogP contribution in [0.1, 0.15) is 6.92 Å². The third-order valence-electron chi connectivity index (χ3n) is 3.03. The van der Waals surface area contributed by atoms with Crippen LogP contribution in [0.3, 0.4) is 0 Å². The van der Waals surface area contributed by atoms with Crippen LogP contribution in [0.2, 0.25) is 0 Å². The average Bonchev–Trinajstić information content (AvgIpc) is 2.40. The van der Waals surface area contributed by atoms with Gasteiger partial charge in [-0.05, 0) is 19.1 Å². The molecule has 1 aliphatic heterocycles. The molecule has 1 aromatic rings. The lowest BCUT2D eigenvalue weighted by Gasteiger charge is -2.28. The van der Waals surface area contributed by atoms with Crippen molar-refractivity contribution in [2.24, 2.45) is 0 Å². The zero-order valence-electron chi connectivity index (χ0n) is 11.3. The second kappa shape index (κ2) is 6.31. The molecular formula is C13H16F3N3O2. The van der Waals surface area contributed by atoms with Crippen molar-refractivity contribution in [2.45, 2.75) is 25.4 Å². The molecule has 0 spiro atoms. The Bertz CT molecular complexity index is 500. The topological polar surface area (TPSA) is 62.4 Å². The van der Waals surface area contributed by atoms with Crippen LogP contribution in [0.25, 0.3) is 0 Å². The van der Waals surface area contributed by atoms with Crippen LogP contribution in [-0.2, 0) is 4.79 Å². The quantitative estimate of drug-likeness (QED) is 0.791. The summed E-state index contributed by atoms with van der Waals surface area (Å²) >= 11 is 0. The van der Waals surface area contributed by atoms with E-state index < -0.39 is 24.1 Å². The smallest absolute Gasteiger partial charge is 0.404 e. The lowest BCUT2D eigenvalue weighted by atomic mass is 10.1. The molecule has 1 aromatic carbocycles. The van der Waals surface area contributed by atoms with Crippen molar-refractivity contribution in [2.75, 3.05) is 18.4 Å². The summed E-state index contributed by atoms with van der Waals surface area (Å²) in [6.07, 6.45) is -4.80. The number of hydrogen-bond acceptors (Lipinski definition) is 4. The third kappa shape index (κ3) is 4.61. The van der Waals surface area contributed by atoms with Gasteiger partial charge in [0.25, 0.3) is 0 Å². The van der Waals surface area contributed by atoms with Crippen LogP contribution in [0.15, 0.2) is 24.3 Å². The molecule has 1 fully saturated rings. The highest BCUT2D eigenvalue weighted by Gasteiger charge is 2.32. The molecule has 0 bridgehead atoms. The predicted octanol–water partition coefficient (Wildman–Crippen LogP) is 1.47. The third-order valence-corrected chi connectivity index (χ3v) is 3.03. The van der Waals surface area contributed by atoms with E-state index >= 15 is 0 Å². The Morgan fingerprint density at radius 1 is 1.29 bits per heavy atom. The molecule has 3 N–H and O–H groups in total. The van der Waals surface area contributed by atoms with E-state index in [9.17, 15) is 18.0 Å². The van der Waals surface area contributed by atoms with Gasteiger partial charge in [-0.2, -0.15) is 0 Å². The molecule has 1 saturated heterocycles. The molecule has 0 saturated carbocycles. The highest BCUT2D eigenvalue weighted by atomic mass is 19.4. The van der Waals surface area contributed by atoms with E-state index in [1.165, 1.54) is 18.2 Å². The minimum Gasteiger partial charge on any atom is -0.404 e. The fraction of sp³-hybridized carbons (Fsp3) is 0.462. The molecule has 1 aliphatic rings. The van der Waals surface area contributed by atoms with Gasteiger partial charge in [0.2, 0.25) is 5.91 Å². The number of nitrogens with one attached hydrogen (secondary N) is 3. The Morgan fingerprint density at radius 3 is 2.62 bits per heavy atom. The number of benzene rings is 1. The van der Waals surface area contributed by atoms with Gasteiger partial charge in [-0.25, -0.2) is 0 Å². The van der Waals surface area contributed by atoms with Crippen molar-refractivity contribution in [3.05, 3.63) is 24.3 Å². The molecule has 5 nitrogen and oxygen atoms in total. The Morgan fingerprint density at radius 2 is 2.00 bits per heavy atom. The molecule has 116 valence electrons. The van der Waals surface area contributed by atoms with Crippen molar-refractivity contribution in [3.8, 4) is 5.75 Å². The van der Waals surface area contributed by atoms with Gasteiger partial charge in [0.1, 0.15) is 0 Å². The van der Waals surface area contributed by atoms with Gasteiger partial charge in [-0.1, -0.05) is 12.1 Å². The van der Waals surface area contributed by atoms with Crippen molar-refractivity contribution < 1.29 is 22.7 Å². The lowest BCUT2D eigenvalue weighted by molar-refractivity contribution is -0.274. The fourth-order valence-electron chi connectivity index (χ4n) is 1.97. The number of amides is 1. The van der Waals surface area contributed by atoms with E-state index in [-0.39, 0.29) is 11.7 Å². The van der Waals surface area contributed by atoms with Crippen molar-refractivity contribution in [1.29, 1.82) is 0 Å². The molecule has 1 amide bonds. The van der Waals surface area contributed by atoms with Gasteiger partial charge < -0.3 is 20.7 Å². The number of carbonyl (C=O) groups excluding carboxylic acids is 1. The van der Waals surface area contributed by atoms with Crippen LogP contribution in [0, 0.1) is 0 Å². The summed E-state index contributed by atoms with van der Waals surface area (Å²) in [5.41, 5.74) is -0.0137. The van der Waals surface area contributed by atoms with Gasteiger partial charge >= 0.3 is 6.36 Å². The molecule has 21 heavy (non-hydrogen) atoms. The minimum atomic E-state index is -4.80. The number of piperazine rings is 1.